The fourth-order valence-electron chi connectivity index (χ4n) is 7.51. The molecular weight excluding hydrogens is 1070 g/mol. The number of amides is 12. The number of nitrogens with two attached hydrogens (primary N) is 1. The SMILES string of the molecule is CCC[C@@H]1NC(=O)CNC(=O)CNC(=O)[C@H](CCC)NC(=O)CNC(=O)[C@H]([C@@H](C)O)NC(=O)[C@H](Cc2cnc[nH]2)NC(=O)CNC(=O)C(C(C)(C)C)NC(=O)CCSCc2cccc(c2)CSC[C@@H](C(N)=O)NC(=O)CNC1=O. The highest BCUT2D eigenvalue weighted by molar-refractivity contribution is 7.98. The van der Waals surface area contributed by atoms with Gasteiger partial charge in [-0.25, -0.2) is 4.98 Å². The van der Waals surface area contributed by atoms with Crippen molar-refractivity contribution in [1.29, 1.82) is 0 Å². The van der Waals surface area contributed by atoms with Crippen LogP contribution in [0.1, 0.15) is 90.5 Å². The lowest BCUT2D eigenvalue weighted by atomic mass is 9.86. The summed E-state index contributed by atoms with van der Waals surface area (Å²) in [5, 5.41) is 37.7. The molecule has 12 amide bonds. The minimum Gasteiger partial charge on any atom is -0.391 e. The van der Waals surface area contributed by atoms with Crippen LogP contribution in [0.15, 0.2) is 36.8 Å². The molecule has 0 fully saturated rings. The molecule has 1 aliphatic heterocycles. The van der Waals surface area contributed by atoms with Crippen molar-refractivity contribution in [1.82, 2.24) is 68.5 Å². The van der Waals surface area contributed by atoms with Crippen LogP contribution in [-0.2, 0) is 75.5 Å². The van der Waals surface area contributed by atoms with Crippen LogP contribution < -0.4 is 64.2 Å². The first-order chi connectivity index (χ1) is 37.4. The maximum atomic E-state index is 13.7. The highest BCUT2D eigenvalue weighted by Gasteiger charge is 2.35. The van der Waals surface area contributed by atoms with Gasteiger partial charge in [-0.2, -0.15) is 23.5 Å². The number of rotatable bonds is 8. The minimum atomic E-state index is -1.66. The third-order valence-corrected chi connectivity index (χ3v) is 13.8. The summed E-state index contributed by atoms with van der Waals surface area (Å²) in [6.07, 6.45) is 2.19. The van der Waals surface area contributed by atoms with Gasteiger partial charge in [0.05, 0.1) is 45.2 Å². The molecule has 0 saturated carbocycles. The van der Waals surface area contributed by atoms with Crippen LogP contribution in [0.2, 0.25) is 0 Å². The molecule has 15 N–H and O–H groups in total. The summed E-state index contributed by atoms with van der Waals surface area (Å²) >= 11 is 2.82. The van der Waals surface area contributed by atoms with Gasteiger partial charge in [-0.1, -0.05) is 71.7 Å². The van der Waals surface area contributed by atoms with Crippen molar-refractivity contribution in [3.05, 3.63) is 53.6 Å². The Morgan fingerprint density at radius 3 is 1.67 bits per heavy atom. The highest BCUT2D eigenvalue weighted by atomic mass is 32.2. The van der Waals surface area contributed by atoms with E-state index in [1.54, 1.807) is 34.6 Å². The first-order valence-electron chi connectivity index (χ1n) is 25.7. The van der Waals surface area contributed by atoms with E-state index in [1.807, 2.05) is 24.3 Å². The Bertz CT molecular complexity index is 2440. The topological polar surface area (TPSA) is 412 Å². The lowest BCUT2D eigenvalue weighted by molar-refractivity contribution is -0.135. The summed E-state index contributed by atoms with van der Waals surface area (Å²) in [4.78, 5) is 164. The van der Waals surface area contributed by atoms with E-state index in [-0.39, 0.29) is 31.4 Å². The van der Waals surface area contributed by atoms with Crippen LogP contribution in [0.3, 0.4) is 0 Å². The molecule has 2 aromatic rings. The molecule has 29 heteroatoms. The molecule has 0 aliphatic carbocycles. The third kappa shape index (κ3) is 24.9. The molecule has 1 unspecified atom stereocenters. The number of aliphatic hydroxyl groups excluding tert-OH is 1. The molecule has 0 radical (unpaired) electrons. The zero-order chi connectivity index (χ0) is 58.7. The quantitative estimate of drug-likeness (QED) is 0.122. The highest BCUT2D eigenvalue weighted by Crippen LogP contribution is 2.21. The number of hydrogen-bond acceptors (Lipinski definition) is 16. The summed E-state index contributed by atoms with van der Waals surface area (Å²) in [6.45, 7) is 6.79. The number of aliphatic hydroxyl groups is 1. The average Bonchev–Trinajstić information content (AvgIpc) is 3.91. The number of benzene rings is 1. The fourth-order valence-corrected chi connectivity index (χ4v) is 9.42. The lowest BCUT2D eigenvalue weighted by Crippen LogP contribution is -2.59. The molecule has 7 atom stereocenters. The van der Waals surface area contributed by atoms with E-state index in [0.717, 1.165) is 11.1 Å². The van der Waals surface area contributed by atoms with Gasteiger partial charge in [-0.05, 0) is 36.3 Å². The summed E-state index contributed by atoms with van der Waals surface area (Å²) < 4.78 is 0. The Balaban J connectivity index is 1.80. The normalized spacial score (nSPS) is 23.5. The Hall–Kier alpha value is -7.27. The number of nitrogens with zero attached hydrogens (tertiary/aromatic N) is 1. The minimum absolute atomic E-state index is 0.0580. The van der Waals surface area contributed by atoms with Crippen molar-refractivity contribution in [2.24, 2.45) is 11.1 Å². The van der Waals surface area contributed by atoms with Gasteiger partial charge in [0.2, 0.25) is 70.9 Å². The van der Waals surface area contributed by atoms with Crippen LogP contribution in [0, 0.1) is 5.41 Å². The second kappa shape index (κ2) is 33.9. The predicted molar refractivity (Wildman–Crippen MR) is 292 cm³/mol. The molecule has 0 spiro atoms. The second-order valence-electron chi connectivity index (χ2n) is 19.6. The average molecular weight is 1150 g/mol. The number of imidazole rings is 1. The lowest BCUT2D eigenvalue weighted by Gasteiger charge is -2.30. The number of H-pyrrole nitrogens is 1. The first kappa shape index (κ1) is 66.0. The summed E-state index contributed by atoms with van der Waals surface area (Å²) in [7, 11) is 0. The Morgan fingerprint density at radius 1 is 0.646 bits per heavy atom. The molecule has 1 aliphatic rings. The molecule has 79 heavy (non-hydrogen) atoms. The van der Waals surface area contributed by atoms with E-state index >= 15 is 0 Å². The van der Waals surface area contributed by atoms with E-state index in [9.17, 15) is 62.6 Å². The van der Waals surface area contributed by atoms with E-state index in [1.165, 1.54) is 43.0 Å². The summed E-state index contributed by atoms with van der Waals surface area (Å²) in [5.41, 5.74) is 7.06. The number of carbonyl (C=O) groups excluding carboxylic acids is 12. The third-order valence-electron chi connectivity index (χ3n) is 11.7. The van der Waals surface area contributed by atoms with Crippen molar-refractivity contribution >= 4 is 94.4 Å². The van der Waals surface area contributed by atoms with Crippen molar-refractivity contribution in [2.45, 2.75) is 134 Å². The number of nitrogens with one attached hydrogen (secondary N) is 12. The van der Waals surface area contributed by atoms with Gasteiger partial charge in [-0.3, -0.25) is 57.5 Å². The molecule has 0 saturated heterocycles. The van der Waals surface area contributed by atoms with Gasteiger partial charge in [0.1, 0.15) is 36.3 Å². The van der Waals surface area contributed by atoms with E-state index in [0.29, 0.717) is 35.8 Å². The molecule has 2 bridgehead atoms. The molecular formula is C50H76N14O13S2. The number of carbonyl (C=O) groups is 12. The van der Waals surface area contributed by atoms with Crippen LogP contribution in [0.5, 0.6) is 0 Å². The number of hydrogen-bond donors (Lipinski definition) is 14. The molecule has 436 valence electrons. The summed E-state index contributed by atoms with van der Waals surface area (Å²) in [5.74, 6) is -7.73. The van der Waals surface area contributed by atoms with Crippen LogP contribution >= 0.6 is 23.5 Å². The molecule has 1 aromatic heterocycles. The predicted octanol–water partition coefficient (Wildman–Crippen LogP) is -3.48. The molecule has 2 heterocycles. The monoisotopic (exact) mass is 1140 g/mol. The van der Waals surface area contributed by atoms with Gasteiger partial charge in [-0.15, -0.1) is 0 Å². The number of primary amides is 1. The van der Waals surface area contributed by atoms with Crippen molar-refractivity contribution in [3.8, 4) is 0 Å². The maximum Gasteiger partial charge on any atom is 0.245 e. The number of fused-ring (bicyclic) bond motifs is 2. The van der Waals surface area contributed by atoms with E-state index < -0.39 is 151 Å². The Labute approximate surface area is 466 Å². The van der Waals surface area contributed by atoms with E-state index in [4.69, 9.17) is 5.73 Å². The Morgan fingerprint density at radius 2 is 1.15 bits per heavy atom. The second-order valence-corrected chi connectivity index (χ2v) is 21.8. The van der Waals surface area contributed by atoms with Gasteiger partial charge in [0.15, 0.2) is 0 Å². The van der Waals surface area contributed by atoms with Crippen LogP contribution in [0.4, 0.5) is 0 Å². The van der Waals surface area contributed by atoms with Crippen LogP contribution in [0.25, 0.3) is 0 Å². The number of aromatic amines is 1. The van der Waals surface area contributed by atoms with Crippen molar-refractivity contribution < 1.29 is 62.6 Å². The van der Waals surface area contributed by atoms with Gasteiger partial charge in [0, 0.05) is 47.7 Å². The zero-order valence-corrected chi connectivity index (χ0v) is 46.9. The zero-order valence-electron chi connectivity index (χ0n) is 45.3. The maximum absolute atomic E-state index is 13.7. The molecule has 27 nitrogen and oxygen atoms in total. The van der Waals surface area contributed by atoms with Gasteiger partial charge in [0.25, 0.3) is 0 Å². The van der Waals surface area contributed by atoms with Gasteiger partial charge >= 0.3 is 0 Å². The molecule has 3 rings (SSSR count). The first-order valence-corrected chi connectivity index (χ1v) is 28.0. The van der Waals surface area contributed by atoms with E-state index in [2.05, 4.69) is 68.5 Å². The standard InChI is InChI=1S/C50H76N14O13S2/c1-7-10-32-45(73)54-19-37(67)53-20-38(68)59-33(11-8-2)46(74)55-21-41(71)62-35(44(51)72)26-79-25-30-13-9-12-29(16-30)24-78-15-14-36(66)63-43(50(4,5)6)49(77)57-23-40(70)61-34(17-31-18-52-27-58-31)47(75)64-42(28(3)65)48(76)56-22-39(69)60-32/h9,12-13,16,18,27-28,32-35,42-43,65H,7-8,10-11,14-15,17,19-26H2,1-6H3,(H2,51,72)(H,52,58)(H,53,67)(H,54,73)(H,55,74)(H,56,76)(H,57,77)(H,59,68)(H,60,69)(H,61,70)(H,62,71)(H,63,66)(H,64,75)/t28-,32+,33+,34+,35+,42+,43?/m1/s1. The smallest absolute Gasteiger partial charge is 0.245 e. The number of aromatic nitrogens is 2. The Kier molecular flexibility index (Phi) is 28.3. The summed E-state index contributed by atoms with van der Waals surface area (Å²) in [6, 6.07) is 0.142. The fraction of sp³-hybridized carbons (Fsp3) is 0.580. The molecule has 1 aromatic carbocycles. The van der Waals surface area contributed by atoms with Crippen molar-refractivity contribution in [3.63, 3.8) is 0 Å². The number of thioether (sulfide) groups is 2. The van der Waals surface area contributed by atoms with Crippen molar-refractivity contribution in [2.75, 3.05) is 44.2 Å². The largest absolute Gasteiger partial charge is 0.391 e. The van der Waals surface area contributed by atoms with Gasteiger partial charge < -0.3 is 74.3 Å². The van der Waals surface area contributed by atoms with Crippen LogP contribution in [-0.4, -0.2) is 173 Å².